The first-order chi connectivity index (χ1) is 8.04. The van der Waals surface area contributed by atoms with Gasteiger partial charge in [0.2, 0.25) is 11.8 Å². The summed E-state index contributed by atoms with van der Waals surface area (Å²) in [6, 6.07) is 0. The van der Waals surface area contributed by atoms with Crippen molar-refractivity contribution in [1.82, 2.24) is 9.80 Å². The summed E-state index contributed by atoms with van der Waals surface area (Å²) < 4.78 is 4.67. The Morgan fingerprint density at radius 3 is 2.35 bits per heavy atom. The molecule has 0 radical (unpaired) electrons. The van der Waals surface area contributed by atoms with Gasteiger partial charge in [0.15, 0.2) is 6.73 Å². The van der Waals surface area contributed by atoms with E-state index in [2.05, 4.69) is 11.7 Å². The number of ether oxygens (including phenoxy) is 1. The quantitative estimate of drug-likeness (QED) is 0.500. The SMILES string of the molecule is CCCCN1CC(=O)N(COC(C)=O)C(=O)C1. The van der Waals surface area contributed by atoms with Gasteiger partial charge < -0.3 is 4.74 Å². The van der Waals surface area contributed by atoms with Crippen LogP contribution in [0.25, 0.3) is 0 Å². The summed E-state index contributed by atoms with van der Waals surface area (Å²) in [5.41, 5.74) is 0. The lowest BCUT2D eigenvalue weighted by Gasteiger charge is -2.31. The van der Waals surface area contributed by atoms with E-state index >= 15 is 0 Å². The van der Waals surface area contributed by atoms with E-state index in [1.54, 1.807) is 0 Å². The highest BCUT2D eigenvalue weighted by molar-refractivity contribution is 5.99. The highest BCUT2D eigenvalue weighted by Crippen LogP contribution is 2.06. The molecule has 0 spiro atoms. The number of esters is 1. The second-order valence-electron chi connectivity index (χ2n) is 4.04. The van der Waals surface area contributed by atoms with Crippen molar-refractivity contribution in [2.45, 2.75) is 26.7 Å². The van der Waals surface area contributed by atoms with Crippen molar-refractivity contribution in [3.05, 3.63) is 0 Å². The van der Waals surface area contributed by atoms with Gasteiger partial charge in [-0.05, 0) is 13.0 Å². The van der Waals surface area contributed by atoms with Crippen LogP contribution < -0.4 is 0 Å². The van der Waals surface area contributed by atoms with Gasteiger partial charge in [-0.1, -0.05) is 13.3 Å². The fourth-order valence-corrected chi connectivity index (χ4v) is 1.59. The van der Waals surface area contributed by atoms with Crippen LogP contribution in [0.4, 0.5) is 0 Å². The van der Waals surface area contributed by atoms with Gasteiger partial charge in [-0.25, -0.2) is 4.90 Å². The molecule has 96 valence electrons. The Morgan fingerprint density at radius 1 is 1.29 bits per heavy atom. The van der Waals surface area contributed by atoms with Gasteiger partial charge in [-0.15, -0.1) is 0 Å². The van der Waals surface area contributed by atoms with E-state index in [9.17, 15) is 14.4 Å². The van der Waals surface area contributed by atoms with Crippen molar-refractivity contribution >= 4 is 17.8 Å². The van der Waals surface area contributed by atoms with Crippen molar-refractivity contribution < 1.29 is 19.1 Å². The van der Waals surface area contributed by atoms with Crippen LogP contribution in [0, 0.1) is 0 Å². The standard InChI is InChI=1S/C11H18N2O4/c1-3-4-5-12-6-10(15)13(11(16)7-12)8-17-9(2)14/h3-8H2,1-2H3. The summed E-state index contributed by atoms with van der Waals surface area (Å²) in [6.45, 7) is 4.21. The monoisotopic (exact) mass is 242 g/mol. The topological polar surface area (TPSA) is 66.9 Å². The summed E-state index contributed by atoms with van der Waals surface area (Å²) in [4.78, 5) is 36.8. The number of piperazine rings is 1. The summed E-state index contributed by atoms with van der Waals surface area (Å²) in [6.07, 6.45) is 1.99. The van der Waals surface area contributed by atoms with Crippen molar-refractivity contribution in [2.75, 3.05) is 26.4 Å². The Morgan fingerprint density at radius 2 is 1.88 bits per heavy atom. The van der Waals surface area contributed by atoms with Crippen molar-refractivity contribution in [2.24, 2.45) is 0 Å². The lowest BCUT2D eigenvalue weighted by Crippen LogP contribution is -2.54. The molecular formula is C11H18N2O4. The molecule has 1 saturated heterocycles. The average Bonchev–Trinajstić information content (AvgIpc) is 2.24. The third kappa shape index (κ3) is 4.14. The molecule has 1 heterocycles. The van der Waals surface area contributed by atoms with Gasteiger partial charge in [-0.2, -0.15) is 0 Å². The third-order valence-electron chi connectivity index (χ3n) is 2.54. The van der Waals surface area contributed by atoms with E-state index in [0.29, 0.717) is 0 Å². The van der Waals surface area contributed by atoms with Gasteiger partial charge in [0.1, 0.15) is 0 Å². The number of carbonyl (C=O) groups excluding carboxylic acids is 3. The minimum absolute atomic E-state index is 0.215. The maximum Gasteiger partial charge on any atom is 0.304 e. The minimum atomic E-state index is -0.501. The first-order valence-electron chi connectivity index (χ1n) is 5.73. The molecule has 0 atom stereocenters. The molecule has 6 heteroatoms. The van der Waals surface area contributed by atoms with E-state index in [1.807, 2.05) is 4.90 Å². The van der Waals surface area contributed by atoms with Crippen LogP contribution >= 0.6 is 0 Å². The average molecular weight is 242 g/mol. The molecule has 0 aliphatic carbocycles. The molecule has 1 aliphatic rings. The molecule has 1 fully saturated rings. The molecule has 0 saturated carbocycles. The molecule has 1 rings (SSSR count). The summed E-state index contributed by atoms with van der Waals surface area (Å²) in [5, 5.41) is 0. The lowest BCUT2D eigenvalue weighted by molar-refractivity contribution is -0.162. The van der Waals surface area contributed by atoms with Crippen LogP contribution in [0.5, 0.6) is 0 Å². The molecule has 0 aromatic carbocycles. The van der Waals surface area contributed by atoms with Crippen LogP contribution in [0.1, 0.15) is 26.7 Å². The highest BCUT2D eigenvalue weighted by Gasteiger charge is 2.30. The number of hydrogen-bond donors (Lipinski definition) is 0. The molecule has 0 aromatic heterocycles. The Kier molecular flexibility index (Phi) is 5.09. The molecule has 1 aliphatic heterocycles. The minimum Gasteiger partial charge on any atom is -0.444 e. The molecule has 0 unspecified atom stereocenters. The number of amides is 2. The van der Waals surface area contributed by atoms with Crippen LogP contribution in [0.15, 0.2) is 0 Å². The Bertz CT molecular complexity index is 299. The van der Waals surface area contributed by atoms with Crippen LogP contribution in [-0.2, 0) is 19.1 Å². The fraction of sp³-hybridized carbons (Fsp3) is 0.727. The largest absolute Gasteiger partial charge is 0.444 e. The van der Waals surface area contributed by atoms with E-state index in [0.717, 1.165) is 24.3 Å². The Balaban J connectivity index is 2.47. The maximum atomic E-state index is 11.7. The number of hydrogen-bond acceptors (Lipinski definition) is 5. The number of unbranched alkanes of at least 4 members (excludes halogenated alkanes) is 1. The molecule has 17 heavy (non-hydrogen) atoms. The third-order valence-corrected chi connectivity index (χ3v) is 2.54. The zero-order valence-corrected chi connectivity index (χ0v) is 10.3. The van der Waals surface area contributed by atoms with E-state index in [-0.39, 0.29) is 31.6 Å². The second-order valence-corrected chi connectivity index (χ2v) is 4.04. The molecule has 6 nitrogen and oxygen atoms in total. The molecular weight excluding hydrogens is 224 g/mol. The first-order valence-corrected chi connectivity index (χ1v) is 5.73. The smallest absolute Gasteiger partial charge is 0.304 e. The Hall–Kier alpha value is -1.43. The predicted octanol–water partition coefficient (Wildman–Crippen LogP) is -0.0221. The van der Waals surface area contributed by atoms with Crippen molar-refractivity contribution in [3.8, 4) is 0 Å². The second kappa shape index (κ2) is 6.34. The van der Waals surface area contributed by atoms with E-state index < -0.39 is 5.97 Å². The van der Waals surface area contributed by atoms with Gasteiger partial charge in [-0.3, -0.25) is 19.3 Å². The summed E-state index contributed by atoms with van der Waals surface area (Å²) in [7, 11) is 0. The van der Waals surface area contributed by atoms with E-state index in [4.69, 9.17) is 0 Å². The molecule has 0 bridgehead atoms. The van der Waals surface area contributed by atoms with Gasteiger partial charge in [0.05, 0.1) is 13.1 Å². The summed E-state index contributed by atoms with van der Waals surface area (Å²) in [5.74, 6) is -1.11. The summed E-state index contributed by atoms with van der Waals surface area (Å²) >= 11 is 0. The molecule has 0 aromatic rings. The van der Waals surface area contributed by atoms with E-state index in [1.165, 1.54) is 6.92 Å². The number of imide groups is 1. The maximum absolute atomic E-state index is 11.7. The normalized spacial score (nSPS) is 17.4. The fourth-order valence-electron chi connectivity index (χ4n) is 1.59. The van der Waals surface area contributed by atoms with Crippen LogP contribution in [0.3, 0.4) is 0 Å². The highest BCUT2D eigenvalue weighted by atomic mass is 16.5. The van der Waals surface area contributed by atoms with Crippen molar-refractivity contribution in [3.63, 3.8) is 0 Å². The Labute approximate surface area is 101 Å². The number of carbonyl (C=O) groups is 3. The first kappa shape index (κ1) is 13.6. The predicted molar refractivity (Wildman–Crippen MR) is 59.8 cm³/mol. The van der Waals surface area contributed by atoms with Crippen molar-refractivity contribution in [1.29, 1.82) is 0 Å². The zero-order valence-electron chi connectivity index (χ0n) is 10.3. The lowest BCUT2D eigenvalue weighted by atomic mass is 10.2. The van der Waals surface area contributed by atoms with Crippen LogP contribution in [0.2, 0.25) is 0 Å². The number of nitrogens with zero attached hydrogens (tertiary/aromatic N) is 2. The van der Waals surface area contributed by atoms with Gasteiger partial charge >= 0.3 is 5.97 Å². The van der Waals surface area contributed by atoms with Gasteiger partial charge in [0, 0.05) is 6.92 Å². The van der Waals surface area contributed by atoms with Crippen LogP contribution in [-0.4, -0.2) is 53.9 Å². The molecule has 0 N–H and O–H groups in total. The molecule has 2 amide bonds. The van der Waals surface area contributed by atoms with Gasteiger partial charge in [0.25, 0.3) is 0 Å². The zero-order chi connectivity index (χ0) is 12.8. The number of rotatable bonds is 5.